The molecule has 2 aromatic rings. The molecule has 0 bridgehead atoms. The largest absolute Gasteiger partial charge is 0.495 e. The van der Waals surface area contributed by atoms with Gasteiger partial charge in [-0.25, -0.2) is 0 Å². The van der Waals surface area contributed by atoms with Crippen molar-refractivity contribution >= 4 is 21.8 Å². The number of aryl methyl sites for hydroxylation is 2. The number of methoxy groups -OCH3 is 2. The lowest BCUT2D eigenvalue weighted by molar-refractivity contribution is 0.0952. The number of hydrogen-bond donors (Lipinski definition) is 1. The lowest BCUT2D eigenvalue weighted by Gasteiger charge is -2.11. The SMILES string of the molecule is COc1cc(C(=O)NCCCn2cc(C)cn2)cc(OC)c1Br. The van der Waals surface area contributed by atoms with Gasteiger partial charge >= 0.3 is 0 Å². The minimum Gasteiger partial charge on any atom is -0.495 e. The number of nitrogens with one attached hydrogen (secondary N) is 1. The van der Waals surface area contributed by atoms with Crippen LogP contribution >= 0.6 is 15.9 Å². The van der Waals surface area contributed by atoms with Crippen molar-refractivity contribution in [3.63, 3.8) is 0 Å². The maximum atomic E-state index is 12.2. The fraction of sp³-hybridized carbons (Fsp3) is 0.375. The van der Waals surface area contributed by atoms with Crippen molar-refractivity contribution in [2.24, 2.45) is 0 Å². The predicted molar refractivity (Wildman–Crippen MR) is 91.2 cm³/mol. The molecule has 0 saturated carbocycles. The van der Waals surface area contributed by atoms with E-state index in [9.17, 15) is 4.79 Å². The van der Waals surface area contributed by atoms with Gasteiger partial charge in [0.05, 0.1) is 20.4 Å². The highest BCUT2D eigenvalue weighted by Gasteiger charge is 2.14. The average Bonchev–Trinajstić information content (AvgIpc) is 2.97. The normalized spacial score (nSPS) is 10.4. The Morgan fingerprint density at radius 2 is 1.96 bits per heavy atom. The summed E-state index contributed by atoms with van der Waals surface area (Å²) in [6.07, 6.45) is 4.60. The van der Waals surface area contributed by atoms with E-state index in [1.54, 1.807) is 26.4 Å². The van der Waals surface area contributed by atoms with E-state index in [0.29, 0.717) is 28.1 Å². The van der Waals surface area contributed by atoms with E-state index < -0.39 is 0 Å². The zero-order chi connectivity index (χ0) is 16.8. The van der Waals surface area contributed by atoms with E-state index in [1.807, 2.05) is 24.0 Å². The van der Waals surface area contributed by atoms with Gasteiger partial charge in [-0.3, -0.25) is 9.48 Å². The molecule has 0 atom stereocenters. The van der Waals surface area contributed by atoms with E-state index in [1.165, 1.54) is 0 Å². The van der Waals surface area contributed by atoms with Crippen LogP contribution in [0.1, 0.15) is 22.3 Å². The molecule has 23 heavy (non-hydrogen) atoms. The first-order valence-corrected chi connectivity index (χ1v) is 8.03. The molecule has 0 saturated heterocycles. The number of benzene rings is 1. The van der Waals surface area contributed by atoms with Crippen LogP contribution in [-0.4, -0.2) is 36.5 Å². The van der Waals surface area contributed by atoms with Crippen molar-refractivity contribution in [1.82, 2.24) is 15.1 Å². The van der Waals surface area contributed by atoms with Gasteiger partial charge in [-0.05, 0) is 47.0 Å². The van der Waals surface area contributed by atoms with Crippen LogP contribution in [-0.2, 0) is 6.54 Å². The molecule has 1 amide bonds. The minimum atomic E-state index is -0.161. The van der Waals surface area contributed by atoms with Crippen LogP contribution in [0.4, 0.5) is 0 Å². The van der Waals surface area contributed by atoms with Crippen LogP contribution in [0.2, 0.25) is 0 Å². The molecule has 1 aromatic heterocycles. The van der Waals surface area contributed by atoms with E-state index in [4.69, 9.17) is 9.47 Å². The van der Waals surface area contributed by atoms with Crippen molar-refractivity contribution in [2.75, 3.05) is 20.8 Å². The first-order valence-electron chi connectivity index (χ1n) is 7.24. The molecular formula is C16H20BrN3O3. The number of amides is 1. The van der Waals surface area contributed by atoms with Crippen molar-refractivity contribution in [2.45, 2.75) is 19.9 Å². The highest BCUT2D eigenvalue weighted by Crippen LogP contribution is 2.35. The average molecular weight is 382 g/mol. The zero-order valence-corrected chi connectivity index (χ0v) is 15.0. The summed E-state index contributed by atoms with van der Waals surface area (Å²) >= 11 is 3.39. The lowest BCUT2D eigenvalue weighted by atomic mass is 10.2. The number of carbonyl (C=O) groups is 1. The molecular weight excluding hydrogens is 362 g/mol. The topological polar surface area (TPSA) is 65.4 Å². The molecule has 0 unspecified atom stereocenters. The fourth-order valence-electron chi connectivity index (χ4n) is 2.13. The molecule has 1 aromatic carbocycles. The highest BCUT2D eigenvalue weighted by molar-refractivity contribution is 9.10. The monoisotopic (exact) mass is 381 g/mol. The smallest absolute Gasteiger partial charge is 0.251 e. The second-order valence-corrected chi connectivity index (χ2v) is 5.88. The summed E-state index contributed by atoms with van der Waals surface area (Å²) in [4.78, 5) is 12.2. The fourth-order valence-corrected chi connectivity index (χ4v) is 2.69. The Morgan fingerprint density at radius 1 is 1.30 bits per heavy atom. The molecule has 1 N–H and O–H groups in total. The quantitative estimate of drug-likeness (QED) is 0.748. The Bertz CT molecular complexity index is 660. The first-order chi connectivity index (χ1) is 11.0. The summed E-state index contributed by atoms with van der Waals surface area (Å²) in [5, 5.41) is 7.10. The summed E-state index contributed by atoms with van der Waals surface area (Å²) in [5.74, 6) is 0.953. The number of halogens is 1. The first kappa shape index (κ1) is 17.3. The summed E-state index contributed by atoms with van der Waals surface area (Å²) in [6.45, 7) is 3.33. The van der Waals surface area contributed by atoms with E-state index in [2.05, 4.69) is 26.3 Å². The third-order valence-corrected chi connectivity index (χ3v) is 4.10. The van der Waals surface area contributed by atoms with Gasteiger partial charge in [-0.2, -0.15) is 5.10 Å². The Balaban J connectivity index is 1.92. The van der Waals surface area contributed by atoms with Gasteiger partial charge in [0.15, 0.2) is 0 Å². The van der Waals surface area contributed by atoms with Gasteiger partial charge in [0.25, 0.3) is 5.91 Å². The van der Waals surface area contributed by atoms with Gasteiger partial charge in [0, 0.05) is 24.8 Å². The summed E-state index contributed by atoms with van der Waals surface area (Å²) < 4.78 is 13.0. The number of carbonyl (C=O) groups excluding carboxylic acids is 1. The maximum Gasteiger partial charge on any atom is 0.251 e. The van der Waals surface area contributed by atoms with Crippen molar-refractivity contribution in [3.05, 3.63) is 40.1 Å². The second-order valence-electron chi connectivity index (χ2n) is 5.08. The maximum absolute atomic E-state index is 12.2. The summed E-state index contributed by atoms with van der Waals surface area (Å²) in [7, 11) is 3.10. The minimum absolute atomic E-state index is 0.161. The number of aromatic nitrogens is 2. The van der Waals surface area contributed by atoms with Crippen molar-refractivity contribution in [3.8, 4) is 11.5 Å². The van der Waals surface area contributed by atoms with Crippen LogP contribution < -0.4 is 14.8 Å². The van der Waals surface area contributed by atoms with Crippen LogP contribution in [0.15, 0.2) is 29.0 Å². The number of nitrogens with zero attached hydrogens (tertiary/aromatic N) is 2. The third-order valence-electron chi connectivity index (χ3n) is 3.32. The number of hydrogen-bond acceptors (Lipinski definition) is 4. The predicted octanol–water partition coefficient (Wildman–Crippen LogP) is 2.79. The Labute approximate surface area is 143 Å². The number of ether oxygens (including phenoxy) is 2. The van der Waals surface area contributed by atoms with Gasteiger partial charge in [-0.1, -0.05) is 0 Å². The summed E-state index contributed by atoms with van der Waals surface area (Å²) in [6, 6.07) is 3.36. The number of rotatable bonds is 7. The second kappa shape index (κ2) is 8.01. The van der Waals surface area contributed by atoms with Crippen LogP contribution in [0.5, 0.6) is 11.5 Å². The van der Waals surface area contributed by atoms with Crippen molar-refractivity contribution in [1.29, 1.82) is 0 Å². The van der Waals surface area contributed by atoms with Crippen LogP contribution in [0, 0.1) is 6.92 Å². The lowest BCUT2D eigenvalue weighted by Crippen LogP contribution is -2.25. The molecule has 0 fully saturated rings. The van der Waals surface area contributed by atoms with Crippen LogP contribution in [0.25, 0.3) is 0 Å². The molecule has 0 aliphatic rings. The Hall–Kier alpha value is -2.02. The van der Waals surface area contributed by atoms with Crippen LogP contribution in [0.3, 0.4) is 0 Å². The molecule has 0 aliphatic carbocycles. The van der Waals surface area contributed by atoms with Gasteiger partial charge in [0.2, 0.25) is 0 Å². The van der Waals surface area contributed by atoms with Crippen molar-refractivity contribution < 1.29 is 14.3 Å². The van der Waals surface area contributed by atoms with E-state index in [-0.39, 0.29) is 5.91 Å². The standard InChI is InChI=1S/C16H20BrN3O3/c1-11-9-19-20(10-11)6-4-5-18-16(21)12-7-13(22-2)15(17)14(8-12)23-3/h7-10H,4-6H2,1-3H3,(H,18,21). The molecule has 2 rings (SSSR count). The molecule has 7 heteroatoms. The third kappa shape index (κ3) is 4.48. The molecule has 124 valence electrons. The Kier molecular flexibility index (Phi) is 6.04. The van der Waals surface area contributed by atoms with Gasteiger partial charge < -0.3 is 14.8 Å². The molecule has 0 spiro atoms. The van der Waals surface area contributed by atoms with E-state index in [0.717, 1.165) is 18.5 Å². The van der Waals surface area contributed by atoms with Gasteiger partial charge in [0.1, 0.15) is 16.0 Å². The Morgan fingerprint density at radius 3 is 2.48 bits per heavy atom. The molecule has 0 aliphatic heterocycles. The van der Waals surface area contributed by atoms with E-state index >= 15 is 0 Å². The van der Waals surface area contributed by atoms with Gasteiger partial charge in [-0.15, -0.1) is 0 Å². The molecule has 1 heterocycles. The molecule has 6 nitrogen and oxygen atoms in total. The highest BCUT2D eigenvalue weighted by atomic mass is 79.9. The summed E-state index contributed by atoms with van der Waals surface area (Å²) in [5.41, 5.74) is 1.62. The zero-order valence-electron chi connectivity index (χ0n) is 13.4. The molecule has 0 radical (unpaired) electrons.